The lowest BCUT2D eigenvalue weighted by atomic mass is 9.54. The predicted molar refractivity (Wildman–Crippen MR) is 114 cm³/mol. The van der Waals surface area contributed by atoms with E-state index in [0.717, 1.165) is 59.7 Å². The number of ether oxygens (including phenoxy) is 3. The van der Waals surface area contributed by atoms with Gasteiger partial charge in [0.1, 0.15) is 11.2 Å². The van der Waals surface area contributed by atoms with Crippen molar-refractivity contribution in [2.24, 2.45) is 71.0 Å². The van der Waals surface area contributed by atoms with Crippen LogP contribution in [0.5, 0.6) is 0 Å². The highest BCUT2D eigenvalue weighted by Gasteiger charge is 2.78. The molecule has 31 heavy (non-hydrogen) atoms. The summed E-state index contributed by atoms with van der Waals surface area (Å²) in [6.07, 6.45) is 10.7. The normalized spacial score (nSPS) is 63.0. The van der Waals surface area contributed by atoms with Gasteiger partial charge in [-0.3, -0.25) is 0 Å². The van der Waals surface area contributed by atoms with Crippen LogP contribution >= 0.6 is 0 Å². The number of fused-ring (bicyclic) bond motifs is 23. The molecule has 0 aromatic heterocycles. The van der Waals surface area contributed by atoms with Crippen molar-refractivity contribution in [2.75, 3.05) is 0 Å². The largest absolute Gasteiger partial charge is 0.509 e. The molecule has 4 heteroatoms. The van der Waals surface area contributed by atoms with Crippen LogP contribution in [0.15, 0.2) is 12.2 Å². The van der Waals surface area contributed by atoms with Crippen molar-refractivity contribution in [1.82, 2.24) is 0 Å². The lowest BCUT2D eigenvalue weighted by Gasteiger charge is -2.49. The van der Waals surface area contributed by atoms with Crippen LogP contribution in [-0.2, 0) is 14.2 Å². The zero-order valence-electron chi connectivity index (χ0n) is 19.2. The lowest BCUT2D eigenvalue weighted by Crippen LogP contribution is -2.54. The molecular formula is C27H36O4. The first-order valence-electron chi connectivity index (χ1n) is 13.0. The van der Waals surface area contributed by atoms with Crippen LogP contribution in [-0.4, -0.2) is 29.6 Å². The van der Waals surface area contributed by atoms with Gasteiger partial charge in [0.25, 0.3) is 0 Å². The average Bonchev–Trinajstić information content (AvgIpc) is 3.48. The predicted octanol–water partition coefficient (Wildman–Crippen LogP) is 5.07. The highest BCUT2D eigenvalue weighted by Crippen LogP contribution is 2.78. The molecule has 2 heterocycles. The van der Waals surface area contributed by atoms with Crippen LogP contribution in [0.25, 0.3) is 0 Å². The van der Waals surface area contributed by atoms with E-state index in [1.165, 1.54) is 19.3 Å². The molecule has 6 aliphatic carbocycles. The summed E-state index contributed by atoms with van der Waals surface area (Å²) in [7, 11) is 0. The third-order valence-corrected chi connectivity index (χ3v) is 11.5. The third-order valence-electron chi connectivity index (χ3n) is 11.5. The molecule has 15 atom stereocenters. The van der Waals surface area contributed by atoms with E-state index in [1.807, 2.05) is 20.8 Å². The van der Waals surface area contributed by atoms with Gasteiger partial charge < -0.3 is 14.2 Å². The first-order valence-corrected chi connectivity index (χ1v) is 13.0. The van der Waals surface area contributed by atoms with E-state index in [4.69, 9.17) is 14.2 Å². The quantitative estimate of drug-likeness (QED) is 0.335. The number of carbonyl (C=O) groups excluding carboxylic acids is 1. The Morgan fingerprint density at radius 2 is 1.55 bits per heavy atom. The number of carbonyl (C=O) groups is 1. The maximum atomic E-state index is 12.6. The van der Waals surface area contributed by atoms with Gasteiger partial charge in [0.15, 0.2) is 0 Å². The Labute approximate surface area is 185 Å². The second kappa shape index (κ2) is 5.37. The minimum Gasteiger partial charge on any atom is -0.429 e. The Morgan fingerprint density at radius 1 is 0.903 bits per heavy atom. The molecule has 5 saturated carbocycles. The van der Waals surface area contributed by atoms with Crippen molar-refractivity contribution in [3.63, 3.8) is 0 Å². The van der Waals surface area contributed by atoms with E-state index < -0.39 is 11.8 Å². The molecule has 0 radical (unpaired) electrons. The topological polar surface area (TPSA) is 44.8 Å². The van der Waals surface area contributed by atoms with Crippen LogP contribution in [0, 0.1) is 71.0 Å². The first kappa shape index (κ1) is 18.4. The average molecular weight is 425 g/mol. The second-order valence-corrected chi connectivity index (χ2v) is 13.7. The Kier molecular flexibility index (Phi) is 3.19. The molecular weight excluding hydrogens is 388 g/mol. The van der Waals surface area contributed by atoms with Crippen molar-refractivity contribution < 1.29 is 19.0 Å². The smallest absolute Gasteiger partial charge is 0.429 e. The highest BCUT2D eigenvalue weighted by atomic mass is 16.7. The Morgan fingerprint density at radius 3 is 2.19 bits per heavy atom. The van der Waals surface area contributed by atoms with E-state index in [9.17, 15) is 4.79 Å². The summed E-state index contributed by atoms with van der Waals surface area (Å²) < 4.78 is 18.5. The molecule has 15 unspecified atom stereocenters. The maximum Gasteiger partial charge on any atom is 0.509 e. The summed E-state index contributed by atoms with van der Waals surface area (Å²) in [4.78, 5) is 12.6. The van der Waals surface area contributed by atoms with Gasteiger partial charge in [-0.25, -0.2) is 4.79 Å². The summed E-state index contributed by atoms with van der Waals surface area (Å²) in [5.74, 6) is 9.54. The summed E-state index contributed by atoms with van der Waals surface area (Å²) in [5.41, 5.74) is -0.891. The summed E-state index contributed by atoms with van der Waals surface area (Å²) in [5, 5.41) is 0. The van der Waals surface area contributed by atoms with E-state index >= 15 is 0 Å². The molecule has 8 bridgehead atoms. The van der Waals surface area contributed by atoms with Crippen molar-refractivity contribution >= 4 is 6.16 Å². The van der Waals surface area contributed by atoms with Gasteiger partial charge >= 0.3 is 6.16 Å². The summed E-state index contributed by atoms with van der Waals surface area (Å²) in [6, 6.07) is 0. The fourth-order valence-electron chi connectivity index (χ4n) is 11.4. The van der Waals surface area contributed by atoms with Crippen LogP contribution in [0.1, 0.15) is 53.4 Å². The van der Waals surface area contributed by atoms with Crippen LogP contribution < -0.4 is 0 Å². The number of allylic oxidation sites excluding steroid dienone is 2. The van der Waals surface area contributed by atoms with Crippen molar-refractivity contribution in [2.45, 2.75) is 76.8 Å². The first-order chi connectivity index (χ1) is 14.7. The molecule has 168 valence electrons. The molecule has 7 fully saturated rings. The van der Waals surface area contributed by atoms with Gasteiger partial charge in [-0.1, -0.05) is 12.2 Å². The monoisotopic (exact) mass is 424 g/mol. The van der Waals surface area contributed by atoms with Gasteiger partial charge in [0.05, 0.1) is 12.2 Å². The van der Waals surface area contributed by atoms with E-state index in [2.05, 4.69) is 19.1 Å². The van der Waals surface area contributed by atoms with Crippen molar-refractivity contribution in [3.05, 3.63) is 12.2 Å². The molecule has 0 aromatic rings. The van der Waals surface area contributed by atoms with Gasteiger partial charge in [0, 0.05) is 5.92 Å². The fraction of sp³-hybridized carbons (Fsp3) is 0.889. The molecule has 8 aliphatic rings. The Balaban J connectivity index is 1.08. The lowest BCUT2D eigenvalue weighted by molar-refractivity contribution is -0.107. The Hall–Kier alpha value is -1.03. The standard InChI is InChI=1S/C27H36O4/c1-26(2,3)30-25(28)31-27(4)10-13-8-16(27)22-19(13)23-20-14-9-15(21(20)24(22)29-23)18-12-6-5-11(7-12)17(14)18/h5-6,11-24H,7-10H2,1-4H3. The number of hydrogen-bond acceptors (Lipinski definition) is 4. The molecule has 8 rings (SSSR count). The van der Waals surface area contributed by atoms with Gasteiger partial charge in [0.2, 0.25) is 0 Å². The van der Waals surface area contributed by atoms with E-state index in [-0.39, 0.29) is 5.60 Å². The third kappa shape index (κ3) is 2.07. The number of hydrogen-bond donors (Lipinski definition) is 0. The SMILES string of the molecule is CC(C)(C)OC(=O)OC1(C)CC2CC1C1C3OC(C21)C1C2CC(C4C5C=CC(C5)C24)C31. The molecule has 2 saturated heterocycles. The molecule has 2 aliphatic heterocycles. The zero-order valence-corrected chi connectivity index (χ0v) is 19.2. The second-order valence-electron chi connectivity index (χ2n) is 13.7. The molecule has 4 nitrogen and oxygen atoms in total. The van der Waals surface area contributed by atoms with E-state index in [1.54, 1.807) is 0 Å². The Bertz CT molecular complexity index is 888. The fourth-order valence-corrected chi connectivity index (χ4v) is 11.4. The van der Waals surface area contributed by atoms with E-state index in [0.29, 0.717) is 30.0 Å². The van der Waals surface area contributed by atoms with Gasteiger partial charge in [-0.15, -0.1) is 0 Å². The van der Waals surface area contributed by atoms with Crippen LogP contribution in [0.4, 0.5) is 4.79 Å². The van der Waals surface area contributed by atoms with Crippen molar-refractivity contribution in [3.8, 4) is 0 Å². The molecule has 0 N–H and O–H groups in total. The minimum absolute atomic E-state index is 0.382. The summed E-state index contributed by atoms with van der Waals surface area (Å²) >= 11 is 0. The van der Waals surface area contributed by atoms with Gasteiger partial charge in [-0.05, 0) is 118 Å². The van der Waals surface area contributed by atoms with Crippen molar-refractivity contribution in [1.29, 1.82) is 0 Å². The van der Waals surface area contributed by atoms with Crippen LogP contribution in [0.3, 0.4) is 0 Å². The molecule has 0 aromatic carbocycles. The highest BCUT2D eigenvalue weighted by molar-refractivity contribution is 5.61. The number of rotatable bonds is 1. The summed E-state index contributed by atoms with van der Waals surface area (Å²) in [6.45, 7) is 7.90. The van der Waals surface area contributed by atoms with Crippen LogP contribution in [0.2, 0.25) is 0 Å². The molecule has 0 amide bonds. The maximum absolute atomic E-state index is 12.6. The minimum atomic E-state index is -0.509. The zero-order chi connectivity index (χ0) is 21.0. The molecule has 0 spiro atoms. The van der Waals surface area contributed by atoms with Gasteiger partial charge in [-0.2, -0.15) is 0 Å².